The third-order valence-corrected chi connectivity index (χ3v) is 2.91. The van der Waals surface area contributed by atoms with Gasteiger partial charge in [0.15, 0.2) is 5.41 Å². The zero-order chi connectivity index (χ0) is 14.9. The molecule has 0 aromatic heterocycles. The molecule has 0 unspecified atom stereocenters. The van der Waals surface area contributed by atoms with E-state index in [-0.39, 0.29) is 44.8 Å². The Morgan fingerprint density at radius 2 is 1.70 bits per heavy atom. The van der Waals surface area contributed by atoms with E-state index in [9.17, 15) is 14.4 Å². The molecule has 0 rings (SSSR count). The highest BCUT2D eigenvalue weighted by atomic mass is 35.5. The molecule has 0 aromatic rings. The van der Waals surface area contributed by atoms with Crippen molar-refractivity contribution >= 4 is 30.3 Å². The van der Waals surface area contributed by atoms with E-state index < -0.39 is 23.3 Å². The summed E-state index contributed by atoms with van der Waals surface area (Å²) in [4.78, 5) is 38.6. The van der Waals surface area contributed by atoms with Crippen molar-refractivity contribution < 1.29 is 29.1 Å². The molecule has 0 aliphatic rings. The van der Waals surface area contributed by atoms with Crippen LogP contribution in [-0.4, -0.2) is 36.2 Å². The summed E-state index contributed by atoms with van der Waals surface area (Å²) in [5.74, 6) is -2.48. The predicted octanol–water partition coefficient (Wildman–Crippen LogP) is 1.30. The molecule has 7 nitrogen and oxygen atoms in total. The van der Waals surface area contributed by atoms with Crippen LogP contribution in [0.2, 0.25) is 0 Å². The number of halogens is 1. The van der Waals surface area contributed by atoms with Crippen LogP contribution in [0.25, 0.3) is 0 Å². The summed E-state index contributed by atoms with van der Waals surface area (Å²) in [6, 6.07) is 0. The minimum Gasteiger partial charge on any atom is -0.480 e. The lowest BCUT2D eigenvalue weighted by atomic mass is 9.83. The Bertz CT molecular complexity index is 330. The highest BCUT2D eigenvalue weighted by Crippen LogP contribution is 2.28. The summed E-state index contributed by atoms with van der Waals surface area (Å²) < 4.78 is 4.68. The Morgan fingerprint density at radius 3 is 2.10 bits per heavy atom. The molecule has 0 heterocycles. The van der Waals surface area contributed by atoms with Crippen molar-refractivity contribution in [1.82, 2.24) is 5.48 Å². The average molecular weight is 312 g/mol. The zero-order valence-corrected chi connectivity index (χ0v) is 12.7. The van der Waals surface area contributed by atoms with Crippen LogP contribution in [0, 0.1) is 5.41 Å². The fraction of sp³-hybridized carbons (Fsp3) is 0.750. The molecule has 0 amide bonds. The smallest absolute Gasteiger partial charge is 0.342 e. The Hall–Kier alpha value is -1.34. The molecule has 0 aliphatic heterocycles. The van der Waals surface area contributed by atoms with Crippen molar-refractivity contribution in [2.45, 2.75) is 40.0 Å². The number of aliphatic carboxylic acids is 1. The summed E-state index contributed by atoms with van der Waals surface area (Å²) in [6.45, 7) is 5.27. The maximum absolute atomic E-state index is 11.8. The summed E-state index contributed by atoms with van der Waals surface area (Å²) in [7, 11) is 0. The molecule has 118 valence electrons. The van der Waals surface area contributed by atoms with E-state index in [0.717, 1.165) is 0 Å². The summed E-state index contributed by atoms with van der Waals surface area (Å²) in [5, 5.41) is 9.11. The largest absolute Gasteiger partial charge is 0.480 e. The molecule has 0 spiro atoms. The summed E-state index contributed by atoms with van der Waals surface area (Å²) >= 11 is 0. The van der Waals surface area contributed by atoms with Crippen LogP contribution in [0.4, 0.5) is 0 Å². The maximum Gasteiger partial charge on any atom is 0.342 e. The lowest BCUT2D eigenvalue weighted by molar-refractivity contribution is -0.175. The van der Waals surface area contributed by atoms with Crippen molar-refractivity contribution in [1.29, 1.82) is 0 Å². The average Bonchev–Trinajstić information content (AvgIpc) is 2.36. The van der Waals surface area contributed by atoms with Gasteiger partial charge in [0.25, 0.3) is 0 Å². The minimum atomic E-state index is -1.54. The number of hydroxylamine groups is 1. The number of carboxylic acid groups (broad SMARTS) is 1. The first-order valence-electron chi connectivity index (χ1n) is 6.27. The first-order valence-corrected chi connectivity index (χ1v) is 6.27. The molecule has 0 aliphatic carbocycles. The van der Waals surface area contributed by atoms with Crippen molar-refractivity contribution in [2.24, 2.45) is 5.41 Å². The first-order chi connectivity index (χ1) is 8.94. The molecule has 0 aromatic carbocycles. The molecule has 8 heteroatoms. The van der Waals surface area contributed by atoms with Gasteiger partial charge in [-0.05, 0) is 19.8 Å². The third-order valence-electron chi connectivity index (χ3n) is 2.91. The Balaban J connectivity index is 0. The van der Waals surface area contributed by atoms with E-state index in [1.165, 1.54) is 0 Å². The zero-order valence-electron chi connectivity index (χ0n) is 11.9. The standard InChI is InChI=1S/C12H21NO6.ClH/c1-4-12(5-2,10(15)16)11(17)19-13-8-7-9(14)18-6-3;/h13H,4-8H2,1-3H3,(H,15,16);1H. The molecule has 2 N–H and O–H groups in total. The topological polar surface area (TPSA) is 102 Å². The van der Waals surface area contributed by atoms with Crippen LogP contribution in [0.5, 0.6) is 0 Å². The normalized spacial score (nSPS) is 10.3. The quantitative estimate of drug-likeness (QED) is 0.286. The van der Waals surface area contributed by atoms with Crippen LogP contribution in [0.3, 0.4) is 0 Å². The second-order valence-corrected chi connectivity index (χ2v) is 3.93. The Kier molecular flexibility index (Phi) is 11.0. The van der Waals surface area contributed by atoms with E-state index in [1.807, 2.05) is 0 Å². The SMILES string of the molecule is CCOC(=O)CCNOC(=O)C(CC)(CC)C(=O)O.Cl. The van der Waals surface area contributed by atoms with E-state index >= 15 is 0 Å². The second-order valence-electron chi connectivity index (χ2n) is 3.93. The number of hydrogen-bond donors (Lipinski definition) is 2. The molecule has 0 saturated carbocycles. The molecule has 0 fully saturated rings. The summed E-state index contributed by atoms with van der Waals surface area (Å²) in [5.41, 5.74) is 0.745. The van der Waals surface area contributed by atoms with E-state index in [4.69, 9.17) is 9.94 Å². The molecule has 0 radical (unpaired) electrons. The third kappa shape index (κ3) is 5.75. The summed E-state index contributed by atoms with van der Waals surface area (Å²) in [6.07, 6.45) is 0.313. The van der Waals surface area contributed by atoms with E-state index in [1.54, 1.807) is 20.8 Å². The van der Waals surface area contributed by atoms with Gasteiger partial charge in [0.2, 0.25) is 0 Å². The number of hydrogen-bond acceptors (Lipinski definition) is 6. The van der Waals surface area contributed by atoms with E-state index in [0.29, 0.717) is 0 Å². The molecule has 0 atom stereocenters. The molecule has 0 bridgehead atoms. The van der Waals surface area contributed by atoms with Gasteiger partial charge in [-0.15, -0.1) is 12.4 Å². The molecule has 20 heavy (non-hydrogen) atoms. The van der Waals surface area contributed by atoms with Crippen molar-refractivity contribution in [3.05, 3.63) is 0 Å². The van der Waals surface area contributed by atoms with Crippen LogP contribution in [0.15, 0.2) is 0 Å². The van der Waals surface area contributed by atoms with Gasteiger partial charge in [-0.1, -0.05) is 13.8 Å². The second kappa shape index (κ2) is 10.4. The fourth-order valence-corrected chi connectivity index (χ4v) is 1.53. The van der Waals surface area contributed by atoms with Crippen LogP contribution in [-0.2, 0) is 24.0 Å². The van der Waals surface area contributed by atoms with Crippen LogP contribution >= 0.6 is 12.4 Å². The van der Waals surface area contributed by atoms with Gasteiger partial charge in [-0.25, -0.2) is 4.79 Å². The van der Waals surface area contributed by atoms with Crippen LogP contribution in [0.1, 0.15) is 40.0 Å². The Morgan fingerprint density at radius 1 is 1.15 bits per heavy atom. The van der Waals surface area contributed by atoms with Crippen molar-refractivity contribution in [3.8, 4) is 0 Å². The first kappa shape index (κ1) is 21.0. The monoisotopic (exact) mass is 311 g/mol. The van der Waals surface area contributed by atoms with Gasteiger partial charge >= 0.3 is 17.9 Å². The van der Waals surface area contributed by atoms with Crippen molar-refractivity contribution in [3.63, 3.8) is 0 Å². The molecule has 0 saturated heterocycles. The fourth-order valence-electron chi connectivity index (χ4n) is 1.53. The number of ether oxygens (including phenoxy) is 1. The maximum atomic E-state index is 11.8. The molecular weight excluding hydrogens is 290 g/mol. The highest BCUT2D eigenvalue weighted by Gasteiger charge is 2.44. The van der Waals surface area contributed by atoms with Gasteiger partial charge in [0, 0.05) is 6.54 Å². The number of rotatable bonds is 9. The van der Waals surface area contributed by atoms with Gasteiger partial charge in [0.05, 0.1) is 13.0 Å². The highest BCUT2D eigenvalue weighted by molar-refractivity contribution is 5.98. The lowest BCUT2D eigenvalue weighted by Crippen LogP contribution is -2.42. The van der Waals surface area contributed by atoms with E-state index in [2.05, 4.69) is 10.2 Å². The molecular formula is C12H22ClNO6. The number of carboxylic acids is 1. The number of esters is 1. The van der Waals surface area contributed by atoms with Crippen molar-refractivity contribution in [2.75, 3.05) is 13.2 Å². The minimum absolute atomic E-state index is 0. The van der Waals surface area contributed by atoms with Crippen LogP contribution < -0.4 is 5.48 Å². The number of carbonyl (C=O) groups is 3. The van der Waals surface area contributed by atoms with Gasteiger partial charge in [-0.3, -0.25) is 9.59 Å². The van der Waals surface area contributed by atoms with Gasteiger partial charge in [0.1, 0.15) is 0 Å². The van der Waals surface area contributed by atoms with Gasteiger partial charge in [-0.2, -0.15) is 5.48 Å². The Labute approximate surface area is 124 Å². The predicted molar refractivity (Wildman–Crippen MR) is 73.2 cm³/mol. The number of nitrogens with one attached hydrogen (secondary N) is 1. The van der Waals surface area contributed by atoms with Gasteiger partial charge < -0.3 is 14.7 Å². The lowest BCUT2D eigenvalue weighted by Gasteiger charge is -2.23. The number of carbonyl (C=O) groups excluding carboxylic acids is 2.